The Morgan fingerprint density at radius 3 is 2.68 bits per heavy atom. The van der Waals surface area contributed by atoms with E-state index in [0.717, 1.165) is 5.69 Å². The summed E-state index contributed by atoms with van der Waals surface area (Å²) in [5, 5.41) is 0. The van der Waals surface area contributed by atoms with Crippen LogP contribution in [0.1, 0.15) is 18.2 Å². The molecule has 0 aliphatic carbocycles. The number of carbonyl (C=O) groups is 1. The number of likely N-dealkylation sites (N-methyl/N-ethyl adjacent to an activating group) is 1. The lowest BCUT2D eigenvalue weighted by Gasteiger charge is -2.19. The molecule has 8 heteroatoms. The van der Waals surface area contributed by atoms with Crippen molar-refractivity contribution in [1.29, 1.82) is 0 Å². The fourth-order valence-electron chi connectivity index (χ4n) is 2.61. The molecule has 1 aliphatic heterocycles. The Bertz CT molecular complexity index is 926. The molecule has 1 aromatic carbocycles. The molecular weight excluding hydrogens is 340 g/mol. The van der Waals surface area contributed by atoms with Gasteiger partial charge in [-0.05, 0) is 31.2 Å². The first kappa shape index (κ1) is 17.1. The Balaban J connectivity index is 1.79. The summed E-state index contributed by atoms with van der Waals surface area (Å²) in [6.45, 7) is 2.00. The second kappa shape index (κ2) is 6.64. The Labute approximate surface area is 146 Å². The van der Waals surface area contributed by atoms with Crippen molar-refractivity contribution in [2.75, 3.05) is 7.05 Å². The van der Waals surface area contributed by atoms with Crippen molar-refractivity contribution in [2.24, 2.45) is 4.99 Å². The highest BCUT2D eigenvalue weighted by atomic mass is 32.2. The van der Waals surface area contributed by atoms with E-state index in [0.29, 0.717) is 12.1 Å². The number of nitrogens with one attached hydrogen (secondary N) is 1. The maximum Gasteiger partial charge on any atom is 0.263 e. The SMILES string of the molecule is C[C@H](N=C1NS(=O)(=O)c2ccccc21)C(=O)N(C)Cc1ccccn1. The Morgan fingerprint density at radius 2 is 1.96 bits per heavy atom. The zero-order valence-corrected chi connectivity index (χ0v) is 14.7. The van der Waals surface area contributed by atoms with E-state index in [-0.39, 0.29) is 16.6 Å². The van der Waals surface area contributed by atoms with Crippen LogP contribution in [-0.4, -0.2) is 43.1 Å². The van der Waals surface area contributed by atoms with Crippen molar-refractivity contribution in [1.82, 2.24) is 14.6 Å². The molecule has 2 heterocycles. The second-order valence-electron chi connectivity index (χ2n) is 5.77. The lowest BCUT2D eigenvalue weighted by molar-refractivity contribution is -0.131. The van der Waals surface area contributed by atoms with E-state index in [4.69, 9.17) is 0 Å². The van der Waals surface area contributed by atoms with Crippen molar-refractivity contribution < 1.29 is 13.2 Å². The molecule has 0 unspecified atom stereocenters. The highest BCUT2D eigenvalue weighted by molar-refractivity contribution is 7.90. The number of aliphatic imine (C=N–C) groups is 1. The number of pyridine rings is 1. The molecule has 0 saturated carbocycles. The van der Waals surface area contributed by atoms with Gasteiger partial charge in [0.15, 0.2) is 0 Å². The number of hydrogen-bond acceptors (Lipinski definition) is 5. The van der Waals surface area contributed by atoms with Crippen LogP contribution in [0.15, 0.2) is 58.5 Å². The van der Waals surface area contributed by atoms with E-state index in [1.165, 1.54) is 11.0 Å². The van der Waals surface area contributed by atoms with Crippen molar-refractivity contribution in [2.45, 2.75) is 24.4 Å². The van der Waals surface area contributed by atoms with E-state index in [1.54, 1.807) is 38.4 Å². The first-order valence-corrected chi connectivity index (χ1v) is 9.22. The number of benzene rings is 1. The summed E-state index contributed by atoms with van der Waals surface area (Å²) in [6, 6.07) is 11.3. The minimum absolute atomic E-state index is 0.176. The summed E-state index contributed by atoms with van der Waals surface area (Å²) in [6.07, 6.45) is 1.67. The van der Waals surface area contributed by atoms with Crippen molar-refractivity contribution >= 4 is 21.8 Å². The van der Waals surface area contributed by atoms with Crippen molar-refractivity contribution in [3.8, 4) is 0 Å². The summed E-state index contributed by atoms with van der Waals surface area (Å²) in [7, 11) is -1.94. The van der Waals surface area contributed by atoms with Gasteiger partial charge >= 0.3 is 0 Å². The highest BCUT2D eigenvalue weighted by Gasteiger charge is 2.31. The highest BCUT2D eigenvalue weighted by Crippen LogP contribution is 2.22. The molecule has 0 radical (unpaired) electrons. The number of fused-ring (bicyclic) bond motifs is 1. The quantitative estimate of drug-likeness (QED) is 0.888. The second-order valence-corrected chi connectivity index (χ2v) is 7.42. The third-order valence-electron chi connectivity index (χ3n) is 3.84. The molecule has 0 bridgehead atoms. The molecule has 25 heavy (non-hydrogen) atoms. The molecule has 1 atom stereocenters. The van der Waals surface area contributed by atoms with Crippen LogP contribution >= 0.6 is 0 Å². The smallest absolute Gasteiger partial charge is 0.263 e. The number of carbonyl (C=O) groups excluding carboxylic acids is 1. The third-order valence-corrected chi connectivity index (χ3v) is 5.24. The largest absolute Gasteiger partial charge is 0.338 e. The molecule has 130 valence electrons. The summed E-state index contributed by atoms with van der Waals surface area (Å²) in [5.74, 6) is -0.0237. The van der Waals surface area contributed by atoms with Crippen LogP contribution in [0.2, 0.25) is 0 Å². The fraction of sp³-hybridized carbons (Fsp3) is 0.235. The van der Waals surface area contributed by atoms with E-state index in [2.05, 4.69) is 14.7 Å². The summed E-state index contributed by atoms with van der Waals surface area (Å²) in [5.41, 5.74) is 1.25. The molecule has 0 spiro atoms. The molecule has 7 nitrogen and oxygen atoms in total. The Kier molecular flexibility index (Phi) is 4.54. The van der Waals surface area contributed by atoms with Crippen LogP contribution in [0.25, 0.3) is 0 Å². The van der Waals surface area contributed by atoms with Crippen LogP contribution < -0.4 is 4.72 Å². The fourth-order valence-corrected chi connectivity index (χ4v) is 3.85. The minimum atomic E-state index is -3.61. The third kappa shape index (κ3) is 3.53. The number of amidine groups is 1. The molecule has 1 aromatic heterocycles. The van der Waals surface area contributed by atoms with Crippen LogP contribution in [0.3, 0.4) is 0 Å². The van der Waals surface area contributed by atoms with Gasteiger partial charge in [-0.25, -0.2) is 8.42 Å². The Hall–Kier alpha value is -2.74. The van der Waals surface area contributed by atoms with Gasteiger partial charge in [-0.15, -0.1) is 0 Å². The number of aromatic nitrogens is 1. The van der Waals surface area contributed by atoms with Crippen LogP contribution in [0, 0.1) is 0 Å². The first-order valence-electron chi connectivity index (χ1n) is 7.73. The van der Waals surface area contributed by atoms with Gasteiger partial charge in [-0.2, -0.15) is 0 Å². The van der Waals surface area contributed by atoms with Gasteiger partial charge < -0.3 is 4.90 Å². The van der Waals surface area contributed by atoms with Gasteiger partial charge in [0.05, 0.1) is 17.1 Å². The number of amides is 1. The van der Waals surface area contributed by atoms with E-state index in [9.17, 15) is 13.2 Å². The average Bonchev–Trinajstić information content (AvgIpc) is 2.86. The predicted octanol–water partition coefficient (Wildman–Crippen LogP) is 1.17. The first-order chi connectivity index (χ1) is 11.9. The summed E-state index contributed by atoms with van der Waals surface area (Å²) >= 11 is 0. The molecule has 1 aliphatic rings. The van der Waals surface area contributed by atoms with Gasteiger partial charge in [-0.3, -0.25) is 19.5 Å². The average molecular weight is 358 g/mol. The van der Waals surface area contributed by atoms with Gasteiger partial charge in [-0.1, -0.05) is 18.2 Å². The molecular formula is C17H18N4O3S. The zero-order chi connectivity index (χ0) is 18.0. The minimum Gasteiger partial charge on any atom is -0.338 e. The number of sulfonamides is 1. The normalized spacial score (nSPS) is 17.6. The molecule has 1 amide bonds. The molecule has 1 N–H and O–H groups in total. The Morgan fingerprint density at radius 1 is 1.24 bits per heavy atom. The summed E-state index contributed by atoms with van der Waals surface area (Å²) < 4.78 is 26.6. The van der Waals surface area contributed by atoms with E-state index >= 15 is 0 Å². The lowest BCUT2D eigenvalue weighted by Crippen LogP contribution is -2.35. The maximum absolute atomic E-state index is 12.5. The van der Waals surface area contributed by atoms with Crippen LogP contribution in [0.5, 0.6) is 0 Å². The van der Waals surface area contributed by atoms with Crippen LogP contribution in [-0.2, 0) is 21.4 Å². The van der Waals surface area contributed by atoms with Gasteiger partial charge in [0.2, 0.25) is 5.91 Å². The molecule has 2 aromatic rings. The van der Waals surface area contributed by atoms with Gasteiger partial charge in [0, 0.05) is 18.8 Å². The van der Waals surface area contributed by atoms with E-state index in [1.807, 2.05) is 18.2 Å². The summed E-state index contributed by atoms with van der Waals surface area (Å²) in [4.78, 5) is 22.7. The predicted molar refractivity (Wildman–Crippen MR) is 93.5 cm³/mol. The lowest BCUT2D eigenvalue weighted by atomic mass is 10.2. The zero-order valence-electron chi connectivity index (χ0n) is 13.9. The van der Waals surface area contributed by atoms with Crippen LogP contribution in [0.4, 0.5) is 0 Å². The van der Waals surface area contributed by atoms with E-state index < -0.39 is 16.1 Å². The van der Waals surface area contributed by atoms with Crippen molar-refractivity contribution in [3.63, 3.8) is 0 Å². The molecule has 3 rings (SSSR count). The topological polar surface area (TPSA) is 91.7 Å². The number of hydrogen-bond donors (Lipinski definition) is 1. The molecule has 0 saturated heterocycles. The van der Waals surface area contributed by atoms with Crippen molar-refractivity contribution in [3.05, 3.63) is 59.9 Å². The number of rotatable bonds is 4. The standard InChI is InChI=1S/C17H18N4O3S/c1-12(17(22)21(2)11-13-7-5-6-10-18-13)19-16-14-8-3-4-9-15(14)25(23,24)20-16/h3-10,12H,11H2,1-2H3,(H,19,20)/t12-/m0/s1. The molecule has 0 fully saturated rings. The maximum atomic E-state index is 12.5. The number of nitrogens with zero attached hydrogens (tertiary/aromatic N) is 3. The van der Waals surface area contributed by atoms with Gasteiger partial charge in [0.25, 0.3) is 10.0 Å². The monoisotopic (exact) mass is 358 g/mol. The van der Waals surface area contributed by atoms with Gasteiger partial charge in [0.1, 0.15) is 11.9 Å².